The van der Waals surface area contributed by atoms with Crippen molar-refractivity contribution in [3.8, 4) is 5.75 Å². The maximum atomic E-state index is 13.2. The van der Waals surface area contributed by atoms with Gasteiger partial charge in [0.25, 0.3) is 0 Å². The first-order chi connectivity index (χ1) is 8.66. The van der Waals surface area contributed by atoms with Gasteiger partial charge in [-0.1, -0.05) is 6.07 Å². The zero-order valence-corrected chi connectivity index (χ0v) is 10.2. The van der Waals surface area contributed by atoms with Crippen LogP contribution in [0.2, 0.25) is 0 Å². The van der Waals surface area contributed by atoms with Crippen molar-refractivity contribution in [3.63, 3.8) is 0 Å². The van der Waals surface area contributed by atoms with Crippen LogP contribution in [0.5, 0.6) is 5.75 Å². The van der Waals surface area contributed by atoms with Gasteiger partial charge in [0.05, 0.1) is 12.9 Å². The number of benzene rings is 1. The summed E-state index contributed by atoms with van der Waals surface area (Å²) in [6.45, 7) is 2.95. The highest BCUT2D eigenvalue weighted by Crippen LogP contribution is 2.24. The number of aromatic nitrogens is 2. The van der Waals surface area contributed by atoms with Crippen LogP contribution in [0.1, 0.15) is 18.5 Å². The van der Waals surface area contributed by atoms with E-state index in [4.69, 9.17) is 10.5 Å². The van der Waals surface area contributed by atoms with Gasteiger partial charge < -0.3 is 15.0 Å². The van der Waals surface area contributed by atoms with Crippen LogP contribution in [-0.2, 0) is 6.54 Å². The highest BCUT2D eigenvalue weighted by atomic mass is 19.1. The van der Waals surface area contributed by atoms with E-state index in [0.29, 0.717) is 18.9 Å². The molecule has 1 aromatic heterocycles. The molecule has 0 unspecified atom stereocenters. The molecule has 2 rings (SSSR count). The minimum atomic E-state index is -0.322. The summed E-state index contributed by atoms with van der Waals surface area (Å²) >= 11 is 0. The molecule has 0 fully saturated rings. The van der Waals surface area contributed by atoms with E-state index in [2.05, 4.69) is 4.98 Å². The van der Waals surface area contributed by atoms with E-state index < -0.39 is 0 Å². The molecule has 0 aliphatic heterocycles. The molecule has 0 radical (unpaired) electrons. The van der Waals surface area contributed by atoms with Gasteiger partial charge in [-0.3, -0.25) is 0 Å². The largest absolute Gasteiger partial charge is 0.491 e. The SMILES string of the molecule is C[C@@H](N)c1ccc(F)cc1OCCn1ccnc1. The Morgan fingerprint density at radius 2 is 2.33 bits per heavy atom. The molecule has 0 aliphatic rings. The standard InChI is InChI=1S/C13H16FN3O/c1-10(15)12-3-2-11(14)8-13(12)18-7-6-17-5-4-16-9-17/h2-5,8-10H,6-7,15H2,1H3/t10-/m1/s1. The van der Waals surface area contributed by atoms with Crippen LogP contribution in [0.4, 0.5) is 4.39 Å². The third-order valence-corrected chi connectivity index (χ3v) is 2.63. The quantitative estimate of drug-likeness (QED) is 0.883. The fourth-order valence-corrected chi connectivity index (χ4v) is 1.69. The first-order valence-corrected chi connectivity index (χ1v) is 5.80. The van der Waals surface area contributed by atoms with Crippen molar-refractivity contribution in [1.29, 1.82) is 0 Å². The van der Waals surface area contributed by atoms with Gasteiger partial charge in [-0.25, -0.2) is 9.37 Å². The van der Waals surface area contributed by atoms with E-state index >= 15 is 0 Å². The molecule has 1 heterocycles. The molecule has 0 saturated heterocycles. The van der Waals surface area contributed by atoms with Crippen LogP contribution >= 0.6 is 0 Å². The second kappa shape index (κ2) is 5.64. The monoisotopic (exact) mass is 249 g/mol. The average Bonchev–Trinajstić information content (AvgIpc) is 2.82. The molecule has 4 nitrogen and oxygen atoms in total. The highest BCUT2D eigenvalue weighted by molar-refractivity contribution is 5.36. The molecule has 0 aliphatic carbocycles. The third kappa shape index (κ3) is 3.07. The molecule has 1 aromatic carbocycles. The predicted molar refractivity (Wildman–Crippen MR) is 66.7 cm³/mol. The molecule has 1 atom stereocenters. The van der Waals surface area contributed by atoms with E-state index in [-0.39, 0.29) is 11.9 Å². The lowest BCUT2D eigenvalue weighted by atomic mass is 10.1. The Hall–Kier alpha value is -1.88. The summed E-state index contributed by atoms with van der Waals surface area (Å²) in [5, 5.41) is 0. The van der Waals surface area contributed by atoms with Crippen molar-refractivity contribution in [2.45, 2.75) is 19.5 Å². The van der Waals surface area contributed by atoms with Crippen molar-refractivity contribution < 1.29 is 9.13 Å². The van der Waals surface area contributed by atoms with Crippen molar-refractivity contribution in [1.82, 2.24) is 9.55 Å². The van der Waals surface area contributed by atoms with Gasteiger partial charge >= 0.3 is 0 Å². The van der Waals surface area contributed by atoms with Crippen LogP contribution in [0.25, 0.3) is 0 Å². The summed E-state index contributed by atoms with van der Waals surface area (Å²) in [4.78, 5) is 3.94. The van der Waals surface area contributed by atoms with E-state index in [1.54, 1.807) is 18.6 Å². The van der Waals surface area contributed by atoms with Crippen LogP contribution in [0.3, 0.4) is 0 Å². The van der Waals surface area contributed by atoms with Gasteiger partial charge in [0, 0.05) is 30.1 Å². The Labute approximate surface area is 105 Å². The first kappa shape index (κ1) is 12.6. The normalized spacial score (nSPS) is 12.4. The summed E-state index contributed by atoms with van der Waals surface area (Å²) < 4.78 is 20.7. The van der Waals surface area contributed by atoms with Gasteiger partial charge in [-0.15, -0.1) is 0 Å². The molecule has 0 bridgehead atoms. The fourth-order valence-electron chi connectivity index (χ4n) is 1.69. The van der Waals surface area contributed by atoms with Crippen molar-refractivity contribution in [2.75, 3.05) is 6.61 Å². The van der Waals surface area contributed by atoms with Gasteiger partial charge in [0.15, 0.2) is 0 Å². The van der Waals surface area contributed by atoms with Crippen molar-refractivity contribution in [2.24, 2.45) is 5.73 Å². The van der Waals surface area contributed by atoms with E-state index in [1.165, 1.54) is 12.1 Å². The maximum absolute atomic E-state index is 13.2. The molecule has 96 valence electrons. The number of imidazole rings is 1. The minimum Gasteiger partial charge on any atom is -0.491 e. The molecular weight excluding hydrogens is 233 g/mol. The lowest BCUT2D eigenvalue weighted by Crippen LogP contribution is -2.11. The molecule has 5 heteroatoms. The Morgan fingerprint density at radius 1 is 1.50 bits per heavy atom. The van der Waals surface area contributed by atoms with Crippen LogP contribution < -0.4 is 10.5 Å². The number of halogens is 1. The van der Waals surface area contributed by atoms with E-state index in [0.717, 1.165) is 5.56 Å². The Bertz CT molecular complexity index is 497. The smallest absolute Gasteiger partial charge is 0.127 e. The lowest BCUT2D eigenvalue weighted by Gasteiger charge is -2.14. The Balaban J connectivity index is 2.01. The number of ether oxygens (including phenoxy) is 1. The lowest BCUT2D eigenvalue weighted by molar-refractivity contribution is 0.292. The highest BCUT2D eigenvalue weighted by Gasteiger charge is 2.09. The molecule has 0 spiro atoms. The number of hydrogen-bond acceptors (Lipinski definition) is 3. The second-order valence-electron chi connectivity index (χ2n) is 4.12. The summed E-state index contributed by atoms with van der Waals surface area (Å²) in [7, 11) is 0. The second-order valence-corrected chi connectivity index (χ2v) is 4.12. The van der Waals surface area contributed by atoms with Crippen LogP contribution in [0, 0.1) is 5.82 Å². The molecule has 0 saturated carbocycles. The average molecular weight is 249 g/mol. The zero-order chi connectivity index (χ0) is 13.0. The third-order valence-electron chi connectivity index (χ3n) is 2.63. The zero-order valence-electron chi connectivity index (χ0n) is 10.2. The van der Waals surface area contributed by atoms with Crippen LogP contribution in [0.15, 0.2) is 36.9 Å². The van der Waals surface area contributed by atoms with E-state index in [9.17, 15) is 4.39 Å². The summed E-state index contributed by atoms with van der Waals surface area (Å²) in [6.07, 6.45) is 5.26. The molecular formula is C13H16FN3O. The maximum Gasteiger partial charge on any atom is 0.127 e. The molecule has 2 aromatic rings. The van der Waals surface area contributed by atoms with Gasteiger partial charge in [-0.05, 0) is 13.0 Å². The summed E-state index contributed by atoms with van der Waals surface area (Å²) in [6, 6.07) is 4.23. The Morgan fingerprint density at radius 3 is 3.00 bits per heavy atom. The summed E-state index contributed by atoms with van der Waals surface area (Å²) in [5.41, 5.74) is 6.62. The van der Waals surface area contributed by atoms with Crippen molar-refractivity contribution in [3.05, 3.63) is 48.3 Å². The topological polar surface area (TPSA) is 53.1 Å². The number of nitrogens with two attached hydrogens (primary N) is 1. The number of nitrogens with zero attached hydrogens (tertiary/aromatic N) is 2. The van der Waals surface area contributed by atoms with Gasteiger partial charge in [-0.2, -0.15) is 0 Å². The molecule has 18 heavy (non-hydrogen) atoms. The van der Waals surface area contributed by atoms with Gasteiger partial charge in [0.2, 0.25) is 0 Å². The molecule has 2 N–H and O–H groups in total. The minimum absolute atomic E-state index is 0.186. The van der Waals surface area contributed by atoms with E-state index in [1.807, 2.05) is 17.7 Å². The fraction of sp³-hybridized carbons (Fsp3) is 0.308. The summed E-state index contributed by atoms with van der Waals surface area (Å²) in [5.74, 6) is 0.183. The Kier molecular flexibility index (Phi) is 3.94. The number of rotatable bonds is 5. The van der Waals surface area contributed by atoms with Crippen LogP contribution in [-0.4, -0.2) is 16.2 Å². The predicted octanol–water partition coefficient (Wildman–Crippen LogP) is 2.12. The first-order valence-electron chi connectivity index (χ1n) is 5.80. The van der Waals surface area contributed by atoms with Gasteiger partial charge in [0.1, 0.15) is 18.2 Å². The molecule has 0 amide bonds. The van der Waals surface area contributed by atoms with Crippen molar-refractivity contribution >= 4 is 0 Å². The number of hydrogen-bond donors (Lipinski definition) is 1.